The van der Waals surface area contributed by atoms with Crippen molar-refractivity contribution < 1.29 is 0 Å². The lowest BCUT2D eigenvalue weighted by Gasteiger charge is -2.15. The Bertz CT molecular complexity index is 3470. The van der Waals surface area contributed by atoms with Gasteiger partial charge in [-0.05, 0) is 83.6 Å². The van der Waals surface area contributed by atoms with E-state index in [1.165, 1.54) is 80.5 Å². The number of pyridine rings is 1. The normalized spacial score (nSPS) is 14.4. The molecule has 58 heavy (non-hydrogen) atoms. The van der Waals surface area contributed by atoms with E-state index in [0.29, 0.717) is 5.92 Å². The molecule has 0 saturated heterocycles. The number of allylic oxidation sites excluding steroid dienone is 4. The quantitative estimate of drug-likeness (QED) is 0.171. The Hall–Kier alpha value is -7.01. The number of aromatic nitrogens is 3. The van der Waals surface area contributed by atoms with E-state index >= 15 is 0 Å². The lowest BCUT2D eigenvalue weighted by molar-refractivity contribution is 0.738. The molecule has 0 saturated carbocycles. The summed E-state index contributed by atoms with van der Waals surface area (Å²) in [4.78, 5) is 5.31. The summed E-state index contributed by atoms with van der Waals surface area (Å²) in [6.07, 6.45) is 7.90. The average Bonchev–Trinajstić information content (AvgIpc) is 3.95. The summed E-state index contributed by atoms with van der Waals surface area (Å²) < 4.78 is 7.66. The number of rotatable bonds is 5. The van der Waals surface area contributed by atoms with E-state index < -0.39 is 0 Å². The number of para-hydroxylation sites is 3. The molecule has 0 radical (unpaired) electrons. The molecule has 1 aliphatic rings. The van der Waals surface area contributed by atoms with Crippen LogP contribution in [0.3, 0.4) is 0 Å². The van der Waals surface area contributed by atoms with E-state index in [4.69, 9.17) is 4.98 Å². The average molecular weight is 760 g/mol. The maximum atomic E-state index is 5.31. The third kappa shape index (κ3) is 5.02. The summed E-state index contributed by atoms with van der Waals surface area (Å²) in [7, 11) is 0. The molecule has 0 N–H and O–H groups in total. The van der Waals surface area contributed by atoms with E-state index in [1.54, 1.807) is 0 Å². The fourth-order valence-corrected chi connectivity index (χ4v) is 10.6. The van der Waals surface area contributed by atoms with Crippen LogP contribution in [0.5, 0.6) is 0 Å². The van der Waals surface area contributed by atoms with Crippen LogP contribution in [0.2, 0.25) is 0 Å². The number of nitrogens with zero attached hydrogens (tertiary/aromatic N) is 3. The Kier molecular flexibility index (Phi) is 7.44. The van der Waals surface area contributed by atoms with Crippen molar-refractivity contribution in [1.82, 2.24) is 14.1 Å². The van der Waals surface area contributed by atoms with Gasteiger partial charge < -0.3 is 9.13 Å². The highest BCUT2D eigenvalue weighted by atomic mass is 32.1. The molecule has 4 heteroatoms. The van der Waals surface area contributed by atoms with E-state index in [2.05, 4.69) is 204 Å². The molecule has 11 aromatic rings. The first kappa shape index (κ1) is 33.2. The van der Waals surface area contributed by atoms with Crippen LogP contribution in [-0.2, 0) is 0 Å². The van der Waals surface area contributed by atoms with E-state index in [0.717, 1.165) is 34.7 Å². The zero-order chi connectivity index (χ0) is 38.3. The van der Waals surface area contributed by atoms with Gasteiger partial charge in [0.2, 0.25) is 0 Å². The van der Waals surface area contributed by atoms with Gasteiger partial charge in [-0.15, -0.1) is 11.3 Å². The predicted molar refractivity (Wildman–Crippen MR) is 248 cm³/mol. The Balaban J connectivity index is 1.16. The van der Waals surface area contributed by atoms with Gasteiger partial charge >= 0.3 is 0 Å². The second-order valence-corrected chi connectivity index (χ2v) is 16.6. The van der Waals surface area contributed by atoms with Crippen molar-refractivity contribution in [1.29, 1.82) is 0 Å². The fourth-order valence-electron chi connectivity index (χ4n) is 9.32. The van der Waals surface area contributed by atoms with Crippen molar-refractivity contribution in [3.05, 3.63) is 194 Å². The van der Waals surface area contributed by atoms with Crippen LogP contribution < -0.4 is 0 Å². The number of benzene rings is 7. The molecular formula is C54H37N3S. The van der Waals surface area contributed by atoms with Gasteiger partial charge in [0.25, 0.3) is 0 Å². The standard InChI is InChI=1S/C54H37N3S/c1-34-24-26-36(27-25-34)44-32-38(35-14-4-2-5-15-35)33-45(55-44)37-28-30-40(31-29-37)57-46-21-11-8-18-41(46)49-50-43-20-10-13-23-48(43)58-54(50)51-42-19-9-12-22-47(42)56(53(51)52(49)57)39-16-6-3-7-17-39/h2-24,26-34H,25H2,1H3. The Morgan fingerprint density at radius 3 is 1.81 bits per heavy atom. The summed E-state index contributed by atoms with van der Waals surface area (Å²) in [6.45, 7) is 2.26. The minimum absolute atomic E-state index is 0.540. The van der Waals surface area contributed by atoms with E-state index in [1.807, 2.05) is 11.3 Å². The summed E-state index contributed by atoms with van der Waals surface area (Å²) in [5.74, 6) is 0.540. The SMILES string of the molecule is CC1C=CC(c2cc(-c3ccccc3)cc(-c3ccc(-n4c5ccccc5c5c6c7ccccc7sc6c6c7ccccc7n(-c7ccccc7)c6c54)cc3)n2)=CC1. The molecule has 12 rings (SSSR count). The van der Waals surface area contributed by atoms with E-state index in [-0.39, 0.29) is 0 Å². The highest BCUT2D eigenvalue weighted by Gasteiger charge is 2.26. The van der Waals surface area contributed by atoms with Crippen LogP contribution >= 0.6 is 11.3 Å². The van der Waals surface area contributed by atoms with Crippen LogP contribution in [0.4, 0.5) is 0 Å². The molecule has 7 aromatic carbocycles. The van der Waals surface area contributed by atoms with Crippen molar-refractivity contribution in [2.75, 3.05) is 0 Å². The number of hydrogen-bond acceptors (Lipinski definition) is 2. The highest BCUT2D eigenvalue weighted by Crippen LogP contribution is 2.51. The molecule has 0 aliphatic heterocycles. The minimum atomic E-state index is 0.540. The van der Waals surface area contributed by atoms with Crippen LogP contribution in [0, 0.1) is 5.92 Å². The highest BCUT2D eigenvalue weighted by molar-refractivity contribution is 7.27. The molecule has 0 bridgehead atoms. The van der Waals surface area contributed by atoms with Gasteiger partial charge in [-0.25, -0.2) is 4.98 Å². The smallest absolute Gasteiger partial charge is 0.0803 e. The molecule has 3 nitrogen and oxygen atoms in total. The second-order valence-electron chi connectivity index (χ2n) is 15.6. The largest absolute Gasteiger partial charge is 0.307 e. The number of hydrogen-bond donors (Lipinski definition) is 0. The Morgan fingerprint density at radius 1 is 0.517 bits per heavy atom. The van der Waals surface area contributed by atoms with Gasteiger partial charge in [-0.1, -0.05) is 140 Å². The summed E-state index contributed by atoms with van der Waals surface area (Å²) in [5, 5.41) is 7.77. The fraction of sp³-hybridized carbons (Fsp3) is 0.0556. The van der Waals surface area contributed by atoms with Gasteiger partial charge in [0.05, 0.1) is 33.5 Å². The zero-order valence-corrected chi connectivity index (χ0v) is 32.7. The van der Waals surface area contributed by atoms with Crippen molar-refractivity contribution in [3.63, 3.8) is 0 Å². The molecule has 0 spiro atoms. The van der Waals surface area contributed by atoms with Crippen molar-refractivity contribution >= 4 is 80.7 Å². The van der Waals surface area contributed by atoms with Crippen molar-refractivity contribution in [2.45, 2.75) is 13.3 Å². The molecule has 4 heterocycles. The van der Waals surface area contributed by atoms with Crippen LogP contribution in [-0.4, -0.2) is 14.1 Å². The number of thiophene rings is 1. The monoisotopic (exact) mass is 759 g/mol. The lowest BCUT2D eigenvalue weighted by Crippen LogP contribution is -1.99. The summed E-state index contributed by atoms with van der Waals surface area (Å²) >= 11 is 1.92. The van der Waals surface area contributed by atoms with Gasteiger partial charge in [0.15, 0.2) is 0 Å². The molecule has 1 aliphatic carbocycles. The van der Waals surface area contributed by atoms with Crippen LogP contribution in [0.15, 0.2) is 188 Å². The third-order valence-corrected chi connectivity index (χ3v) is 13.2. The molecule has 4 aromatic heterocycles. The first-order valence-corrected chi connectivity index (χ1v) is 20.9. The first-order chi connectivity index (χ1) is 28.7. The molecular weight excluding hydrogens is 723 g/mol. The topological polar surface area (TPSA) is 22.8 Å². The van der Waals surface area contributed by atoms with Gasteiger partial charge in [-0.2, -0.15) is 0 Å². The second kappa shape index (κ2) is 13.0. The third-order valence-electron chi connectivity index (χ3n) is 12.0. The maximum absolute atomic E-state index is 5.31. The Labute approximate surface area is 340 Å². The predicted octanol–water partition coefficient (Wildman–Crippen LogP) is 15.0. The van der Waals surface area contributed by atoms with Crippen molar-refractivity contribution in [2.24, 2.45) is 5.92 Å². The zero-order valence-electron chi connectivity index (χ0n) is 31.9. The Morgan fingerprint density at radius 2 is 1.10 bits per heavy atom. The minimum Gasteiger partial charge on any atom is -0.307 e. The summed E-state index contributed by atoms with van der Waals surface area (Å²) in [6, 6.07) is 61.9. The van der Waals surface area contributed by atoms with Gasteiger partial charge in [0.1, 0.15) is 0 Å². The van der Waals surface area contributed by atoms with E-state index in [9.17, 15) is 0 Å². The molecule has 274 valence electrons. The molecule has 0 fully saturated rings. The maximum Gasteiger partial charge on any atom is 0.0803 e. The molecule has 0 amide bonds. The summed E-state index contributed by atoms with van der Waals surface area (Å²) in [5.41, 5.74) is 13.7. The lowest BCUT2D eigenvalue weighted by atomic mass is 9.94. The van der Waals surface area contributed by atoms with Gasteiger partial charge in [-0.3, -0.25) is 0 Å². The molecule has 1 atom stereocenters. The van der Waals surface area contributed by atoms with Crippen LogP contribution in [0.1, 0.15) is 19.0 Å². The van der Waals surface area contributed by atoms with Gasteiger partial charge in [0, 0.05) is 58.7 Å². The number of fused-ring (bicyclic) bond motifs is 12. The first-order valence-electron chi connectivity index (χ1n) is 20.1. The van der Waals surface area contributed by atoms with Crippen molar-refractivity contribution in [3.8, 4) is 33.8 Å². The van der Waals surface area contributed by atoms with Crippen LogP contribution in [0.25, 0.3) is 103 Å². The molecule has 1 unspecified atom stereocenters.